The first-order valence-corrected chi connectivity index (χ1v) is 36.7. The summed E-state index contributed by atoms with van der Waals surface area (Å²) in [7, 11) is 0.654. The third kappa shape index (κ3) is 28.8. The van der Waals surface area contributed by atoms with Crippen molar-refractivity contribution in [3.63, 3.8) is 0 Å². The van der Waals surface area contributed by atoms with E-state index in [1.807, 2.05) is 65.8 Å². The number of hydrogen-bond acceptors (Lipinski definition) is 17. The van der Waals surface area contributed by atoms with Crippen LogP contribution in [0.25, 0.3) is 0 Å². The van der Waals surface area contributed by atoms with Crippen molar-refractivity contribution in [1.29, 1.82) is 0 Å². The molecular weight excluding hydrogens is 1350 g/mol. The Labute approximate surface area is 613 Å². The van der Waals surface area contributed by atoms with Gasteiger partial charge in [0.2, 0.25) is 17.6 Å². The van der Waals surface area contributed by atoms with Crippen LogP contribution in [0.3, 0.4) is 0 Å². The lowest BCUT2D eigenvalue weighted by Gasteiger charge is -2.14. The smallest absolute Gasteiger partial charge is 0.257 e. The standard InChI is InChI=1S/C15H15F2NO2S.C14H20N2O3.C14H20N2O2.C13H16N2O2.C12H18N2O.C11H16N2O/c1-10(2)12-5-11(7-18-8-12)9-21(19,20)15-4-3-13(16)6-14(15)17;1-9(2)10-6-12(14(18-3)15-7-10)13(17)16-11-4-5-19-8-11;1-9(2)11-6-12(14(18-3)16-8-11)13(17)15-7-10-4-5-10;1-5-6-14-12(16)11-7-10(9(2)3)8-15-13(11)17-4;1-4-5-14-12(15)11-6-10(9(2)3)7-13-8-11;1-4-13-11(14)10-5-9(8(2)3)6-12-7-10/h3-8,10H,9H2,1-2H3;6-7,9,11H,4-5,8H2,1-3H3,(H,16,17);6,8-10H,4-5,7H2,1-3H3,(H,15,17);1,7-9H,6H2,2-4H3,(H,14,16);6-9H,4-5H2,1-3H3,(H,14,15);5-8H,4H2,1-3H3,(H,13,14). The maximum atomic E-state index is 13.6. The van der Waals surface area contributed by atoms with Gasteiger partial charge in [-0.2, -0.15) is 0 Å². The van der Waals surface area contributed by atoms with Crippen LogP contribution >= 0.6 is 0 Å². The van der Waals surface area contributed by atoms with Crippen LogP contribution in [-0.2, 0) is 20.3 Å². The van der Waals surface area contributed by atoms with E-state index in [-0.39, 0.29) is 53.8 Å². The number of methoxy groups -OCH3 is 3. The van der Waals surface area contributed by atoms with Gasteiger partial charge in [-0.25, -0.2) is 32.2 Å². The van der Waals surface area contributed by atoms with E-state index >= 15 is 0 Å². The lowest BCUT2D eigenvalue weighted by Crippen LogP contribution is -2.35. The Morgan fingerprint density at radius 1 is 0.538 bits per heavy atom. The van der Waals surface area contributed by atoms with Crippen LogP contribution in [0.2, 0.25) is 0 Å². The van der Waals surface area contributed by atoms with E-state index in [4.69, 9.17) is 25.4 Å². The molecule has 1 aliphatic heterocycles. The van der Waals surface area contributed by atoms with Crippen LogP contribution < -0.4 is 40.8 Å². The van der Waals surface area contributed by atoms with E-state index in [0.717, 1.165) is 64.9 Å². The molecule has 7 heterocycles. The largest absolute Gasteiger partial charge is 0.480 e. The number of halogens is 2. The topological polar surface area (TPSA) is 294 Å². The Bertz CT molecular complexity index is 4080. The first-order valence-electron chi connectivity index (χ1n) is 35.0. The number of ether oxygens (including phenoxy) is 4. The number of nitrogens with zero attached hydrogens (tertiary/aromatic N) is 6. The van der Waals surface area contributed by atoms with Crippen molar-refractivity contribution >= 4 is 39.4 Å². The summed E-state index contributed by atoms with van der Waals surface area (Å²) >= 11 is 0. The van der Waals surface area contributed by atoms with Crippen LogP contribution in [0.5, 0.6) is 17.6 Å². The third-order valence-electron chi connectivity index (χ3n) is 16.1. The molecule has 1 aliphatic carbocycles. The highest BCUT2D eigenvalue weighted by Gasteiger charge is 2.26. The molecule has 2 aliphatic rings. The summed E-state index contributed by atoms with van der Waals surface area (Å²) in [6.45, 7) is 32.1. The Hall–Kier alpha value is -9.80. The minimum atomic E-state index is -3.88. The van der Waals surface area contributed by atoms with Crippen molar-refractivity contribution in [3.05, 3.63) is 189 Å². The molecule has 562 valence electrons. The Balaban J connectivity index is 0.000000266. The van der Waals surface area contributed by atoms with Crippen LogP contribution in [0.4, 0.5) is 8.78 Å². The zero-order valence-corrected chi connectivity index (χ0v) is 64.0. The van der Waals surface area contributed by atoms with Gasteiger partial charge in [-0.15, -0.1) is 6.42 Å². The molecule has 7 aromatic rings. The molecule has 0 bridgehead atoms. The van der Waals surface area contributed by atoms with Gasteiger partial charge in [0.1, 0.15) is 33.2 Å². The van der Waals surface area contributed by atoms with E-state index in [1.165, 1.54) is 40.4 Å². The number of amides is 5. The molecule has 1 aromatic carbocycles. The summed E-state index contributed by atoms with van der Waals surface area (Å²) in [6, 6.07) is 13.6. The first-order chi connectivity index (χ1) is 49.4. The number of terminal acetylenes is 1. The second kappa shape index (κ2) is 44.0. The van der Waals surface area contributed by atoms with Gasteiger partial charge >= 0.3 is 0 Å². The molecule has 22 nitrogen and oxygen atoms in total. The van der Waals surface area contributed by atoms with E-state index in [1.54, 1.807) is 61.7 Å². The van der Waals surface area contributed by atoms with E-state index < -0.39 is 26.4 Å². The fourth-order valence-corrected chi connectivity index (χ4v) is 10.8. The molecule has 25 heteroatoms. The fourth-order valence-electron chi connectivity index (χ4n) is 9.45. The quantitative estimate of drug-likeness (QED) is 0.0277. The highest BCUT2D eigenvalue weighted by atomic mass is 32.2. The molecule has 9 rings (SSSR count). The minimum Gasteiger partial charge on any atom is -0.480 e. The van der Waals surface area contributed by atoms with Crippen molar-refractivity contribution in [2.75, 3.05) is 60.7 Å². The number of benzene rings is 1. The van der Waals surface area contributed by atoms with Crippen molar-refractivity contribution in [2.45, 2.75) is 175 Å². The predicted molar refractivity (Wildman–Crippen MR) is 400 cm³/mol. The predicted octanol–water partition coefficient (Wildman–Crippen LogP) is 13.4. The van der Waals surface area contributed by atoms with Gasteiger partial charge in [-0.05, 0) is 155 Å². The Morgan fingerprint density at radius 2 is 0.971 bits per heavy atom. The molecule has 1 saturated heterocycles. The number of carbonyl (C=O) groups excluding carboxylic acids is 5. The summed E-state index contributed by atoms with van der Waals surface area (Å²) in [5.74, 6) is 3.20. The summed E-state index contributed by atoms with van der Waals surface area (Å²) in [5, 5.41) is 14.1. The number of hydrogen-bond donors (Lipinski definition) is 5. The monoisotopic (exact) mass is 1450 g/mol. The normalized spacial score (nSPS) is 12.8. The second-order valence-corrected chi connectivity index (χ2v) is 28.5. The lowest BCUT2D eigenvalue weighted by molar-refractivity contribution is 0.0921. The van der Waals surface area contributed by atoms with E-state index in [9.17, 15) is 41.2 Å². The van der Waals surface area contributed by atoms with Gasteiger partial charge in [0.05, 0.1) is 57.4 Å². The molecule has 2 fully saturated rings. The lowest BCUT2D eigenvalue weighted by atomic mass is 10.0. The molecule has 5 N–H and O–H groups in total. The average Bonchev–Trinajstić information content (AvgIpc) is 1.23. The molecule has 104 heavy (non-hydrogen) atoms. The molecule has 5 amide bonds. The third-order valence-corrected chi connectivity index (χ3v) is 17.8. The Morgan fingerprint density at radius 3 is 1.38 bits per heavy atom. The molecule has 1 atom stereocenters. The number of rotatable bonds is 24. The summed E-state index contributed by atoms with van der Waals surface area (Å²) < 4.78 is 71.6. The molecular formula is C79H105F2N11O11S. The van der Waals surface area contributed by atoms with Crippen LogP contribution in [0.15, 0.2) is 115 Å². The maximum Gasteiger partial charge on any atom is 0.257 e. The van der Waals surface area contributed by atoms with Gasteiger partial charge in [-0.3, -0.25) is 38.9 Å². The van der Waals surface area contributed by atoms with E-state index in [2.05, 4.69) is 118 Å². The highest BCUT2D eigenvalue weighted by Crippen LogP contribution is 2.29. The van der Waals surface area contributed by atoms with Gasteiger partial charge in [0.15, 0.2) is 9.84 Å². The summed E-state index contributed by atoms with van der Waals surface area (Å²) in [6.07, 6.45) is 24.5. The number of aromatic nitrogens is 6. The summed E-state index contributed by atoms with van der Waals surface area (Å²) in [4.78, 5) is 83.4. The van der Waals surface area contributed by atoms with Crippen molar-refractivity contribution < 1.29 is 60.1 Å². The Kier molecular flexibility index (Phi) is 36.6. The van der Waals surface area contributed by atoms with Gasteiger partial charge in [-0.1, -0.05) is 102 Å². The number of pyridine rings is 6. The second-order valence-electron chi connectivity index (χ2n) is 26.6. The highest BCUT2D eigenvalue weighted by molar-refractivity contribution is 7.90. The molecule has 0 spiro atoms. The minimum absolute atomic E-state index is 0.0353. The molecule has 6 aromatic heterocycles. The van der Waals surface area contributed by atoms with Crippen LogP contribution in [0, 0.1) is 29.9 Å². The number of sulfone groups is 1. The van der Waals surface area contributed by atoms with Crippen LogP contribution in [0.1, 0.15) is 249 Å². The van der Waals surface area contributed by atoms with Crippen LogP contribution in [-0.4, -0.2) is 135 Å². The first kappa shape index (κ1) is 86.6. The van der Waals surface area contributed by atoms with Gasteiger partial charge < -0.3 is 45.5 Å². The van der Waals surface area contributed by atoms with Gasteiger partial charge in [0, 0.05) is 88.1 Å². The van der Waals surface area contributed by atoms with Gasteiger partial charge in [0.25, 0.3) is 29.5 Å². The summed E-state index contributed by atoms with van der Waals surface area (Å²) in [5.41, 5.74) is 9.34. The van der Waals surface area contributed by atoms with E-state index in [0.29, 0.717) is 119 Å². The van der Waals surface area contributed by atoms with Crippen molar-refractivity contribution in [2.24, 2.45) is 5.92 Å². The number of carbonyl (C=O) groups is 5. The van der Waals surface area contributed by atoms with Crippen molar-refractivity contribution in [1.82, 2.24) is 56.5 Å². The molecule has 0 radical (unpaired) electrons. The zero-order chi connectivity index (χ0) is 77.2. The SMILES string of the molecule is C#CCNC(=O)c1cc(C(C)C)cnc1OC.CC(C)c1cncc(CS(=O)(=O)c2ccc(F)cc2F)c1.CCCNC(=O)c1cncc(C(C)C)c1.CCNC(=O)c1cncc(C(C)C)c1.COc1ncc(C(C)C)cc1C(=O)NC1CCOC1.COc1ncc(C(C)C)cc1C(=O)NCC1CC1. The molecule has 1 saturated carbocycles. The molecule has 1 unspecified atom stereocenters. The zero-order valence-electron chi connectivity index (χ0n) is 63.2. The maximum absolute atomic E-state index is 13.6. The number of nitrogens with one attached hydrogen (secondary N) is 5. The van der Waals surface area contributed by atoms with Crippen molar-refractivity contribution in [3.8, 4) is 30.0 Å². The fraction of sp³-hybridized carbons (Fsp3) is 0.456. The average molecular weight is 1450 g/mol.